The number of nitrogens with one attached hydrogen (secondary N) is 1. The van der Waals surface area contributed by atoms with Crippen molar-refractivity contribution in [1.82, 2.24) is 5.32 Å². The second kappa shape index (κ2) is 7.58. The second-order valence-electron chi connectivity index (χ2n) is 5.52. The first kappa shape index (κ1) is 16.7. The molecule has 1 heterocycles. The van der Waals surface area contributed by atoms with Gasteiger partial charge in [-0.15, -0.1) is 0 Å². The summed E-state index contributed by atoms with van der Waals surface area (Å²) in [5.74, 6) is 0.836. The maximum Gasteiger partial charge on any atom is 0.133 e. The van der Waals surface area contributed by atoms with Crippen LogP contribution in [0.15, 0.2) is 22.7 Å². The molecule has 1 aromatic rings. The van der Waals surface area contributed by atoms with Crippen molar-refractivity contribution in [2.24, 2.45) is 0 Å². The molecule has 118 valence electrons. The minimum absolute atomic E-state index is 0.146. The van der Waals surface area contributed by atoms with Crippen molar-refractivity contribution >= 4 is 15.9 Å². The van der Waals surface area contributed by atoms with E-state index in [9.17, 15) is 0 Å². The Morgan fingerprint density at radius 3 is 2.81 bits per heavy atom. The van der Waals surface area contributed by atoms with Crippen LogP contribution in [0.2, 0.25) is 0 Å². The van der Waals surface area contributed by atoms with Crippen LogP contribution in [0.5, 0.6) is 5.75 Å². The lowest BCUT2D eigenvalue weighted by atomic mass is 9.88. The van der Waals surface area contributed by atoms with Gasteiger partial charge in [0.2, 0.25) is 0 Å². The second-order valence-corrected chi connectivity index (χ2v) is 6.37. The van der Waals surface area contributed by atoms with E-state index >= 15 is 0 Å². The predicted molar refractivity (Wildman–Crippen MR) is 86.9 cm³/mol. The molecule has 2 rings (SSSR count). The molecule has 1 saturated heterocycles. The van der Waals surface area contributed by atoms with E-state index in [0.29, 0.717) is 13.2 Å². The monoisotopic (exact) mass is 357 g/mol. The molecular weight excluding hydrogens is 334 g/mol. The number of hydrogen-bond donors (Lipinski definition) is 1. The molecule has 0 amide bonds. The summed E-state index contributed by atoms with van der Waals surface area (Å²) in [7, 11) is 3.65. The summed E-state index contributed by atoms with van der Waals surface area (Å²) in [6.07, 6.45) is 2.19. The van der Waals surface area contributed by atoms with Gasteiger partial charge >= 0.3 is 0 Å². The zero-order valence-electron chi connectivity index (χ0n) is 12.9. The van der Waals surface area contributed by atoms with Crippen LogP contribution in [-0.2, 0) is 9.47 Å². The quantitative estimate of drug-likeness (QED) is 0.760. The highest BCUT2D eigenvalue weighted by atomic mass is 79.9. The molecule has 2 unspecified atom stereocenters. The summed E-state index contributed by atoms with van der Waals surface area (Å²) in [5.41, 5.74) is 1.06. The van der Waals surface area contributed by atoms with Gasteiger partial charge in [0.05, 0.1) is 22.7 Å². The van der Waals surface area contributed by atoms with Crippen molar-refractivity contribution in [3.05, 3.63) is 28.2 Å². The molecule has 1 fully saturated rings. The van der Waals surface area contributed by atoms with Gasteiger partial charge in [0.15, 0.2) is 0 Å². The number of ether oxygens (including phenoxy) is 3. The summed E-state index contributed by atoms with van der Waals surface area (Å²) < 4.78 is 17.6. The van der Waals surface area contributed by atoms with Gasteiger partial charge in [-0.25, -0.2) is 0 Å². The van der Waals surface area contributed by atoms with Crippen LogP contribution in [0.4, 0.5) is 0 Å². The number of methoxy groups -OCH3 is 1. The molecule has 21 heavy (non-hydrogen) atoms. The third kappa shape index (κ3) is 3.97. The normalized spacial score (nSPS) is 23.2. The van der Waals surface area contributed by atoms with Gasteiger partial charge in [-0.3, -0.25) is 0 Å². The fraction of sp³-hybridized carbons (Fsp3) is 0.625. The maximum atomic E-state index is 5.97. The zero-order chi connectivity index (χ0) is 15.3. The van der Waals surface area contributed by atoms with Crippen molar-refractivity contribution < 1.29 is 14.2 Å². The topological polar surface area (TPSA) is 39.7 Å². The van der Waals surface area contributed by atoms with Crippen molar-refractivity contribution in [1.29, 1.82) is 0 Å². The zero-order valence-corrected chi connectivity index (χ0v) is 14.5. The van der Waals surface area contributed by atoms with E-state index in [4.69, 9.17) is 14.2 Å². The van der Waals surface area contributed by atoms with E-state index in [2.05, 4.69) is 40.3 Å². The Hall–Kier alpha value is -0.620. The number of hydrogen-bond acceptors (Lipinski definition) is 4. The molecule has 0 spiro atoms. The lowest BCUT2D eigenvalue weighted by molar-refractivity contribution is -0.0105. The third-order valence-corrected chi connectivity index (χ3v) is 4.60. The van der Waals surface area contributed by atoms with E-state index in [1.54, 1.807) is 7.11 Å². The first-order valence-corrected chi connectivity index (χ1v) is 8.12. The Labute approximate surface area is 135 Å². The average Bonchev–Trinajstić information content (AvgIpc) is 2.89. The molecule has 0 radical (unpaired) electrons. The average molecular weight is 358 g/mol. The highest BCUT2D eigenvalue weighted by Crippen LogP contribution is 2.39. The summed E-state index contributed by atoms with van der Waals surface area (Å²) in [4.78, 5) is 0. The first-order chi connectivity index (χ1) is 10.1. The molecule has 1 aliphatic heterocycles. The number of halogens is 1. The summed E-state index contributed by atoms with van der Waals surface area (Å²) in [6.45, 7) is 4.15. The van der Waals surface area contributed by atoms with Crippen LogP contribution >= 0.6 is 15.9 Å². The van der Waals surface area contributed by atoms with Gasteiger partial charge in [-0.1, -0.05) is 6.07 Å². The molecule has 0 saturated carbocycles. The fourth-order valence-corrected chi connectivity index (χ4v) is 3.41. The Balaban J connectivity index is 2.13. The van der Waals surface area contributed by atoms with E-state index < -0.39 is 0 Å². The standard InChI is InChI=1S/C16H24BrNO3/c1-16(7-4-8-21-16)15(18-2)12-5-6-14(13(17)11-12)20-10-9-19-3/h5-6,11,15,18H,4,7-10H2,1-3H3. The Bertz CT molecular complexity index is 461. The van der Waals surface area contributed by atoms with Gasteiger partial charge in [-0.2, -0.15) is 0 Å². The van der Waals surface area contributed by atoms with Crippen LogP contribution in [0.3, 0.4) is 0 Å². The predicted octanol–water partition coefficient (Wildman–Crippen LogP) is 3.30. The van der Waals surface area contributed by atoms with Crippen LogP contribution in [-0.4, -0.2) is 39.6 Å². The Morgan fingerprint density at radius 1 is 1.43 bits per heavy atom. The molecule has 0 aromatic heterocycles. The van der Waals surface area contributed by atoms with Crippen molar-refractivity contribution in [2.75, 3.05) is 34.0 Å². The molecule has 0 bridgehead atoms. The summed E-state index contributed by atoms with van der Waals surface area (Å²) in [6, 6.07) is 6.37. The fourth-order valence-electron chi connectivity index (χ4n) is 2.90. The van der Waals surface area contributed by atoms with Crippen molar-refractivity contribution in [3.63, 3.8) is 0 Å². The van der Waals surface area contributed by atoms with E-state index in [0.717, 1.165) is 29.7 Å². The lowest BCUT2D eigenvalue weighted by Crippen LogP contribution is -2.39. The van der Waals surface area contributed by atoms with Crippen LogP contribution < -0.4 is 10.1 Å². The summed E-state index contributed by atoms with van der Waals surface area (Å²) >= 11 is 3.59. The maximum absolute atomic E-state index is 5.97. The highest BCUT2D eigenvalue weighted by molar-refractivity contribution is 9.10. The number of rotatable bonds is 7. The Kier molecular flexibility index (Phi) is 6.05. The molecule has 5 heteroatoms. The van der Waals surface area contributed by atoms with E-state index in [-0.39, 0.29) is 11.6 Å². The minimum atomic E-state index is -0.146. The lowest BCUT2D eigenvalue weighted by Gasteiger charge is -2.33. The molecule has 4 nitrogen and oxygen atoms in total. The molecule has 1 aliphatic rings. The van der Waals surface area contributed by atoms with Gasteiger partial charge < -0.3 is 19.5 Å². The van der Waals surface area contributed by atoms with E-state index in [1.807, 2.05) is 13.1 Å². The van der Waals surface area contributed by atoms with Gasteiger partial charge in [0.25, 0.3) is 0 Å². The Morgan fingerprint density at radius 2 is 2.24 bits per heavy atom. The van der Waals surface area contributed by atoms with E-state index in [1.165, 1.54) is 5.56 Å². The molecular formula is C16H24BrNO3. The molecule has 0 aliphatic carbocycles. The van der Waals surface area contributed by atoms with Crippen LogP contribution in [0.1, 0.15) is 31.4 Å². The van der Waals surface area contributed by atoms with Crippen LogP contribution in [0.25, 0.3) is 0 Å². The number of benzene rings is 1. The minimum Gasteiger partial charge on any atom is -0.490 e. The first-order valence-electron chi connectivity index (χ1n) is 7.33. The van der Waals surface area contributed by atoms with Crippen molar-refractivity contribution in [2.45, 2.75) is 31.4 Å². The summed E-state index contributed by atoms with van der Waals surface area (Å²) in [5, 5.41) is 3.39. The van der Waals surface area contributed by atoms with Gasteiger partial charge in [0, 0.05) is 13.7 Å². The smallest absolute Gasteiger partial charge is 0.133 e. The van der Waals surface area contributed by atoms with Crippen molar-refractivity contribution in [3.8, 4) is 5.75 Å². The molecule has 2 atom stereocenters. The van der Waals surface area contributed by atoms with Crippen LogP contribution in [0, 0.1) is 0 Å². The number of likely N-dealkylation sites (N-methyl/N-ethyl adjacent to an activating group) is 1. The molecule has 1 aromatic carbocycles. The SMILES string of the molecule is CNC(c1ccc(OCCOC)c(Br)c1)C1(C)CCCO1. The van der Waals surface area contributed by atoms with Gasteiger partial charge in [0.1, 0.15) is 12.4 Å². The third-order valence-electron chi connectivity index (χ3n) is 3.98. The highest BCUT2D eigenvalue weighted by Gasteiger charge is 2.38. The molecule has 1 N–H and O–H groups in total. The van der Waals surface area contributed by atoms with Gasteiger partial charge in [-0.05, 0) is 60.4 Å². The largest absolute Gasteiger partial charge is 0.490 e.